The summed E-state index contributed by atoms with van der Waals surface area (Å²) in [6.45, 7) is 0. The molecular weight excluding hydrogens is 631 g/mol. The maximum Gasteiger partial charge on any atom is 0.238 e. The monoisotopic (exact) mass is 657 g/mol. The number of nitrogens with zero attached hydrogens (tertiary/aromatic N) is 5. The first kappa shape index (κ1) is 28.5. The highest BCUT2D eigenvalue weighted by Crippen LogP contribution is 2.42. The van der Waals surface area contributed by atoms with Crippen LogP contribution in [0.15, 0.2) is 164 Å². The van der Waals surface area contributed by atoms with E-state index in [4.69, 9.17) is 19.9 Å². The van der Waals surface area contributed by atoms with Crippen LogP contribution in [0.3, 0.4) is 0 Å². The van der Waals surface area contributed by atoms with Gasteiger partial charge in [0, 0.05) is 48.5 Å². The largest absolute Gasteiger partial charge is 0.276 e. The Morgan fingerprint density at radius 1 is 0.380 bits per heavy atom. The Balaban J connectivity index is 1.17. The fourth-order valence-corrected chi connectivity index (χ4v) is 8.14. The van der Waals surface area contributed by atoms with Crippen molar-refractivity contribution >= 4 is 53.3 Å². The molecule has 0 aliphatic rings. The number of aromatic nitrogens is 5. The first-order chi connectivity index (χ1) is 24.8. The van der Waals surface area contributed by atoms with E-state index >= 15 is 0 Å². The maximum atomic E-state index is 5.22. The lowest BCUT2D eigenvalue weighted by Gasteiger charge is -2.11. The molecule has 0 fully saturated rings. The second-order valence-corrected chi connectivity index (χ2v) is 13.3. The van der Waals surface area contributed by atoms with Crippen molar-refractivity contribution in [2.24, 2.45) is 0 Å². The van der Waals surface area contributed by atoms with Crippen molar-refractivity contribution in [2.45, 2.75) is 0 Å². The molecule has 50 heavy (non-hydrogen) atoms. The van der Waals surface area contributed by atoms with Crippen LogP contribution in [0.5, 0.6) is 0 Å². The molecule has 0 aliphatic heterocycles. The molecule has 0 atom stereocenters. The van der Waals surface area contributed by atoms with Gasteiger partial charge in [0.25, 0.3) is 0 Å². The van der Waals surface area contributed by atoms with E-state index in [0.717, 1.165) is 44.7 Å². The van der Waals surface area contributed by atoms with E-state index in [-0.39, 0.29) is 0 Å². The fraction of sp³-hybridized carbons (Fsp3) is 0. The molecule has 10 aromatic rings. The molecule has 0 saturated carbocycles. The van der Waals surface area contributed by atoms with E-state index in [1.165, 1.54) is 30.9 Å². The van der Waals surface area contributed by atoms with Gasteiger partial charge in [-0.2, -0.15) is 9.97 Å². The quantitative estimate of drug-likeness (QED) is 0.185. The third kappa shape index (κ3) is 4.69. The molecule has 0 aliphatic carbocycles. The summed E-state index contributed by atoms with van der Waals surface area (Å²) in [6.07, 6.45) is 0. The van der Waals surface area contributed by atoms with Gasteiger partial charge in [0.05, 0.1) is 27.1 Å². The van der Waals surface area contributed by atoms with Crippen molar-refractivity contribution in [3.8, 4) is 51.2 Å². The molecule has 6 heteroatoms. The van der Waals surface area contributed by atoms with E-state index in [1.807, 2.05) is 72.0 Å². The van der Waals surface area contributed by atoms with Gasteiger partial charge in [-0.1, -0.05) is 140 Å². The minimum absolute atomic E-state index is 0.589. The Morgan fingerprint density at radius 3 is 1.68 bits per heavy atom. The van der Waals surface area contributed by atoms with Crippen molar-refractivity contribution in [2.75, 3.05) is 0 Å². The Bertz CT molecular complexity index is 2860. The molecule has 4 aromatic heterocycles. The summed E-state index contributed by atoms with van der Waals surface area (Å²) >= 11 is 1.82. The number of rotatable bonds is 5. The van der Waals surface area contributed by atoms with Gasteiger partial charge >= 0.3 is 0 Å². The van der Waals surface area contributed by atoms with Gasteiger partial charge in [-0.25, -0.2) is 9.97 Å². The number of hydrogen-bond acceptors (Lipinski definition) is 5. The molecule has 0 unspecified atom stereocenters. The number of pyridine rings is 1. The summed E-state index contributed by atoms with van der Waals surface area (Å²) in [4.78, 5) is 20.4. The van der Waals surface area contributed by atoms with Gasteiger partial charge in [0.1, 0.15) is 0 Å². The third-order valence-electron chi connectivity index (χ3n) is 9.29. The Hall–Kier alpha value is -6.50. The predicted molar refractivity (Wildman–Crippen MR) is 207 cm³/mol. The zero-order valence-electron chi connectivity index (χ0n) is 26.7. The van der Waals surface area contributed by atoms with Crippen LogP contribution in [-0.4, -0.2) is 24.5 Å². The predicted octanol–water partition coefficient (Wildman–Crippen LogP) is 11.4. The lowest BCUT2D eigenvalue weighted by molar-refractivity contribution is 0.955. The van der Waals surface area contributed by atoms with Crippen LogP contribution in [0.2, 0.25) is 0 Å². The number of fused-ring (bicyclic) bond motifs is 7. The molecule has 6 aromatic carbocycles. The molecule has 0 amide bonds. The van der Waals surface area contributed by atoms with Crippen molar-refractivity contribution < 1.29 is 0 Å². The number of thiophene rings is 1. The average molecular weight is 658 g/mol. The van der Waals surface area contributed by atoms with Crippen LogP contribution in [0.4, 0.5) is 0 Å². The summed E-state index contributed by atoms with van der Waals surface area (Å²) in [5, 5.41) is 4.84. The van der Waals surface area contributed by atoms with Crippen LogP contribution >= 0.6 is 11.3 Å². The second-order valence-electron chi connectivity index (χ2n) is 12.3. The highest BCUT2D eigenvalue weighted by Gasteiger charge is 2.21. The molecule has 0 radical (unpaired) electrons. The first-order valence-electron chi connectivity index (χ1n) is 16.6. The average Bonchev–Trinajstić information content (AvgIpc) is 3.75. The second kappa shape index (κ2) is 11.6. The molecule has 0 N–H and O–H groups in total. The summed E-state index contributed by atoms with van der Waals surface area (Å²) in [5.41, 5.74) is 7.99. The Kier molecular flexibility index (Phi) is 6.60. The highest BCUT2D eigenvalue weighted by molar-refractivity contribution is 7.26. The van der Waals surface area contributed by atoms with Crippen molar-refractivity contribution in [1.29, 1.82) is 0 Å². The van der Waals surface area contributed by atoms with Gasteiger partial charge < -0.3 is 0 Å². The first-order valence-corrected chi connectivity index (χ1v) is 17.4. The van der Waals surface area contributed by atoms with Crippen LogP contribution < -0.4 is 0 Å². The van der Waals surface area contributed by atoms with E-state index in [1.54, 1.807) is 0 Å². The van der Waals surface area contributed by atoms with Crippen molar-refractivity contribution in [3.63, 3.8) is 0 Å². The van der Waals surface area contributed by atoms with E-state index in [2.05, 4.69) is 108 Å². The van der Waals surface area contributed by atoms with E-state index in [0.29, 0.717) is 17.6 Å². The minimum atomic E-state index is 0.589. The summed E-state index contributed by atoms with van der Waals surface area (Å²) in [5.74, 6) is 1.83. The molecule has 10 rings (SSSR count). The highest BCUT2D eigenvalue weighted by atomic mass is 32.1. The van der Waals surface area contributed by atoms with Crippen molar-refractivity contribution in [1.82, 2.24) is 24.5 Å². The molecular formula is C44H27N5S. The van der Waals surface area contributed by atoms with E-state index in [9.17, 15) is 0 Å². The molecule has 4 heterocycles. The zero-order valence-corrected chi connectivity index (χ0v) is 27.5. The number of hydrogen-bond donors (Lipinski definition) is 0. The normalized spacial score (nSPS) is 11.6. The minimum Gasteiger partial charge on any atom is -0.276 e. The van der Waals surface area contributed by atoms with Crippen LogP contribution in [0.1, 0.15) is 0 Å². The third-order valence-corrected chi connectivity index (χ3v) is 10.5. The molecule has 0 spiro atoms. The van der Waals surface area contributed by atoms with Gasteiger partial charge in [0.2, 0.25) is 5.95 Å². The molecule has 5 nitrogen and oxygen atoms in total. The van der Waals surface area contributed by atoms with Crippen LogP contribution in [-0.2, 0) is 0 Å². The lowest BCUT2D eigenvalue weighted by atomic mass is 10.1. The van der Waals surface area contributed by atoms with Crippen molar-refractivity contribution in [3.05, 3.63) is 164 Å². The molecule has 234 valence electrons. The van der Waals surface area contributed by atoms with Gasteiger partial charge in [-0.15, -0.1) is 11.3 Å². The standard InChI is InChI=1S/C44H27N5S/c1-3-12-28(13-4-1)36-18-11-19-37(45-36)29-22-24-31(25-23-29)43-46-42(30-14-5-2-6-15-30)47-44(48-43)49-38-20-9-7-16-32(38)34-26-27-35-33-17-8-10-21-39(33)50-41(35)40(34)49/h1-27H. The Morgan fingerprint density at radius 2 is 0.940 bits per heavy atom. The number of para-hydroxylation sites is 1. The smallest absolute Gasteiger partial charge is 0.238 e. The summed E-state index contributed by atoms with van der Waals surface area (Å²) in [7, 11) is 0. The maximum absolute atomic E-state index is 5.22. The van der Waals surface area contributed by atoms with Crippen LogP contribution in [0, 0.1) is 0 Å². The van der Waals surface area contributed by atoms with Crippen LogP contribution in [0.25, 0.3) is 93.2 Å². The van der Waals surface area contributed by atoms with Gasteiger partial charge in [0.15, 0.2) is 11.6 Å². The van der Waals surface area contributed by atoms with Gasteiger partial charge in [-0.3, -0.25) is 4.57 Å². The SMILES string of the molecule is c1ccc(-c2cccc(-c3ccc(-c4nc(-c5ccccc5)nc(-n5c6ccccc6c6ccc7c8ccccc8sc7c65)n4)cc3)n2)cc1. The summed E-state index contributed by atoms with van der Waals surface area (Å²) < 4.78 is 4.71. The lowest BCUT2D eigenvalue weighted by Crippen LogP contribution is -2.06. The summed E-state index contributed by atoms with van der Waals surface area (Å²) in [6, 6.07) is 56.6. The molecule has 0 saturated heterocycles. The van der Waals surface area contributed by atoms with Gasteiger partial charge in [-0.05, 0) is 24.3 Å². The zero-order chi connectivity index (χ0) is 33.0. The Labute approximate surface area is 291 Å². The fourth-order valence-electron chi connectivity index (χ4n) is 6.90. The topological polar surface area (TPSA) is 56.5 Å². The molecule has 0 bridgehead atoms. The number of benzene rings is 6. The van der Waals surface area contributed by atoms with E-state index < -0.39 is 0 Å².